The van der Waals surface area contributed by atoms with Crippen molar-refractivity contribution in [1.29, 1.82) is 0 Å². The van der Waals surface area contributed by atoms with Crippen molar-refractivity contribution in [3.8, 4) is 0 Å². The number of hydrogen-bond acceptors (Lipinski definition) is 4. The second-order valence-electron chi connectivity index (χ2n) is 4.41. The number of aliphatic hydroxyl groups excluding tert-OH is 1. The number of anilines is 1. The van der Waals surface area contributed by atoms with Gasteiger partial charge in [0.1, 0.15) is 5.69 Å². The zero-order chi connectivity index (χ0) is 13.1. The second-order valence-corrected chi connectivity index (χ2v) is 4.41. The van der Waals surface area contributed by atoms with Crippen LogP contribution in [0.25, 0.3) is 0 Å². The second kappa shape index (κ2) is 5.18. The van der Waals surface area contributed by atoms with E-state index in [1.165, 1.54) is 6.07 Å². The molecule has 0 atom stereocenters. The summed E-state index contributed by atoms with van der Waals surface area (Å²) in [7, 11) is 0. The average molecular weight is 248 g/mol. The van der Waals surface area contributed by atoms with E-state index < -0.39 is 4.92 Å². The summed E-state index contributed by atoms with van der Waals surface area (Å²) < 4.78 is 0. The van der Waals surface area contributed by atoms with Crippen molar-refractivity contribution in [2.24, 2.45) is 0 Å². The van der Waals surface area contributed by atoms with Crippen LogP contribution in [0.15, 0.2) is 30.9 Å². The third kappa shape index (κ3) is 2.51. The standard InChI is InChI=1S/C13H16N2O3/c1-2-7-14(11-4-5-11)12-6-3-10(9-16)8-13(12)15(17)18/h2-3,6,8,11,16H,1,4-5,7,9H2. The Hall–Kier alpha value is -1.88. The van der Waals surface area contributed by atoms with Gasteiger partial charge in [0.15, 0.2) is 0 Å². The smallest absolute Gasteiger partial charge is 0.292 e. The van der Waals surface area contributed by atoms with Gasteiger partial charge in [0.05, 0.1) is 11.5 Å². The number of nitro groups is 1. The largest absolute Gasteiger partial charge is 0.392 e. The fraction of sp³-hybridized carbons (Fsp3) is 0.385. The third-order valence-electron chi connectivity index (χ3n) is 3.04. The van der Waals surface area contributed by atoms with Gasteiger partial charge in [0, 0.05) is 18.7 Å². The van der Waals surface area contributed by atoms with Gasteiger partial charge in [-0.25, -0.2) is 0 Å². The summed E-state index contributed by atoms with van der Waals surface area (Å²) in [6.07, 6.45) is 3.88. The summed E-state index contributed by atoms with van der Waals surface area (Å²) in [5.74, 6) is 0. The van der Waals surface area contributed by atoms with Crippen molar-refractivity contribution in [2.45, 2.75) is 25.5 Å². The minimum absolute atomic E-state index is 0.0512. The van der Waals surface area contributed by atoms with Crippen molar-refractivity contribution < 1.29 is 10.0 Å². The van der Waals surface area contributed by atoms with E-state index in [4.69, 9.17) is 5.11 Å². The maximum Gasteiger partial charge on any atom is 0.292 e. The lowest BCUT2D eigenvalue weighted by atomic mass is 10.1. The summed E-state index contributed by atoms with van der Waals surface area (Å²) in [4.78, 5) is 12.7. The van der Waals surface area contributed by atoms with E-state index in [-0.39, 0.29) is 12.3 Å². The Bertz CT molecular complexity index is 469. The van der Waals surface area contributed by atoms with Gasteiger partial charge in [-0.15, -0.1) is 6.58 Å². The first-order valence-corrected chi connectivity index (χ1v) is 5.93. The van der Waals surface area contributed by atoms with Crippen LogP contribution in [0.4, 0.5) is 11.4 Å². The Balaban J connectivity index is 2.40. The molecule has 18 heavy (non-hydrogen) atoms. The van der Waals surface area contributed by atoms with Gasteiger partial charge >= 0.3 is 0 Å². The molecule has 1 N–H and O–H groups in total. The average Bonchev–Trinajstić information content (AvgIpc) is 3.19. The Morgan fingerprint density at radius 3 is 2.78 bits per heavy atom. The van der Waals surface area contributed by atoms with Crippen molar-refractivity contribution >= 4 is 11.4 Å². The minimum Gasteiger partial charge on any atom is -0.392 e. The lowest BCUT2D eigenvalue weighted by molar-refractivity contribution is -0.384. The molecule has 1 aliphatic carbocycles. The van der Waals surface area contributed by atoms with Gasteiger partial charge in [-0.1, -0.05) is 12.1 Å². The van der Waals surface area contributed by atoms with E-state index in [1.54, 1.807) is 18.2 Å². The first kappa shape index (κ1) is 12.6. The van der Waals surface area contributed by atoms with E-state index in [0.29, 0.717) is 23.8 Å². The highest BCUT2D eigenvalue weighted by Crippen LogP contribution is 2.37. The molecule has 0 saturated heterocycles. The Morgan fingerprint density at radius 2 is 2.28 bits per heavy atom. The summed E-state index contributed by atoms with van der Waals surface area (Å²) in [6, 6.07) is 5.25. The molecule has 0 radical (unpaired) electrons. The van der Waals surface area contributed by atoms with Crippen molar-refractivity contribution in [3.63, 3.8) is 0 Å². The molecule has 1 aromatic carbocycles. The van der Waals surface area contributed by atoms with E-state index >= 15 is 0 Å². The molecule has 1 aromatic rings. The summed E-state index contributed by atoms with van der Waals surface area (Å²) >= 11 is 0. The summed E-state index contributed by atoms with van der Waals surface area (Å²) in [5.41, 5.74) is 1.22. The molecule has 0 heterocycles. The van der Waals surface area contributed by atoms with Crippen LogP contribution in [0.1, 0.15) is 18.4 Å². The first-order chi connectivity index (χ1) is 8.67. The van der Waals surface area contributed by atoms with Crippen LogP contribution in [0.2, 0.25) is 0 Å². The predicted octanol–water partition coefficient (Wildman–Crippen LogP) is 2.24. The molecule has 96 valence electrons. The zero-order valence-electron chi connectivity index (χ0n) is 10.1. The molecular weight excluding hydrogens is 232 g/mol. The van der Waals surface area contributed by atoms with Gasteiger partial charge < -0.3 is 10.0 Å². The van der Waals surface area contributed by atoms with Crippen LogP contribution in [-0.2, 0) is 6.61 Å². The fourth-order valence-corrected chi connectivity index (χ4v) is 2.03. The van der Waals surface area contributed by atoms with Gasteiger partial charge in [-0.2, -0.15) is 0 Å². The molecule has 0 aliphatic heterocycles. The van der Waals surface area contributed by atoms with Crippen LogP contribution in [-0.4, -0.2) is 22.6 Å². The molecule has 0 amide bonds. The van der Waals surface area contributed by atoms with E-state index in [9.17, 15) is 10.1 Å². The molecule has 5 nitrogen and oxygen atoms in total. The minimum atomic E-state index is -0.396. The maximum atomic E-state index is 11.1. The Morgan fingerprint density at radius 1 is 1.56 bits per heavy atom. The summed E-state index contributed by atoms with van der Waals surface area (Å²) in [5, 5.41) is 20.2. The molecule has 5 heteroatoms. The van der Waals surface area contributed by atoms with Gasteiger partial charge in [-0.3, -0.25) is 10.1 Å². The molecule has 0 spiro atoms. The van der Waals surface area contributed by atoms with Crippen LogP contribution in [0.3, 0.4) is 0 Å². The molecule has 1 aliphatic rings. The summed E-state index contributed by atoms with van der Waals surface area (Å²) in [6.45, 7) is 4.11. The first-order valence-electron chi connectivity index (χ1n) is 5.93. The number of hydrogen-bond donors (Lipinski definition) is 1. The van der Waals surface area contributed by atoms with E-state index in [2.05, 4.69) is 6.58 Å². The van der Waals surface area contributed by atoms with Crippen LogP contribution < -0.4 is 4.90 Å². The molecule has 0 aromatic heterocycles. The molecular formula is C13H16N2O3. The van der Waals surface area contributed by atoms with Crippen molar-refractivity contribution in [2.75, 3.05) is 11.4 Å². The molecule has 1 saturated carbocycles. The monoisotopic (exact) mass is 248 g/mol. The number of benzene rings is 1. The normalized spacial score (nSPS) is 14.3. The SMILES string of the molecule is C=CCN(c1ccc(CO)cc1[N+](=O)[O-])C1CC1. The van der Waals surface area contributed by atoms with Crippen LogP contribution in [0, 0.1) is 10.1 Å². The van der Waals surface area contributed by atoms with Crippen molar-refractivity contribution in [3.05, 3.63) is 46.5 Å². The molecule has 0 bridgehead atoms. The highest BCUT2D eigenvalue weighted by atomic mass is 16.6. The number of aliphatic hydroxyl groups is 1. The Kier molecular flexibility index (Phi) is 3.62. The van der Waals surface area contributed by atoms with E-state index in [1.807, 2.05) is 4.90 Å². The van der Waals surface area contributed by atoms with Gasteiger partial charge in [0.2, 0.25) is 0 Å². The zero-order valence-corrected chi connectivity index (χ0v) is 10.1. The van der Waals surface area contributed by atoms with Gasteiger partial charge in [-0.05, 0) is 24.5 Å². The number of nitro benzene ring substituents is 1. The topological polar surface area (TPSA) is 66.6 Å². The highest BCUT2D eigenvalue weighted by Gasteiger charge is 2.32. The predicted molar refractivity (Wildman–Crippen MR) is 69.6 cm³/mol. The van der Waals surface area contributed by atoms with Crippen LogP contribution >= 0.6 is 0 Å². The number of nitrogens with zero attached hydrogens (tertiary/aromatic N) is 2. The van der Waals surface area contributed by atoms with Crippen molar-refractivity contribution in [1.82, 2.24) is 0 Å². The lowest BCUT2D eigenvalue weighted by Crippen LogP contribution is -2.26. The fourth-order valence-electron chi connectivity index (χ4n) is 2.03. The molecule has 2 rings (SSSR count). The molecule has 1 fully saturated rings. The Labute approximate surface area is 105 Å². The molecule has 0 unspecified atom stereocenters. The maximum absolute atomic E-state index is 11.1. The number of rotatable bonds is 6. The van der Waals surface area contributed by atoms with Crippen LogP contribution in [0.5, 0.6) is 0 Å². The lowest BCUT2D eigenvalue weighted by Gasteiger charge is -2.22. The quantitative estimate of drug-likeness (QED) is 0.476. The van der Waals surface area contributed by atoms with E-state index in [0.717, 1.165) is 12.8 Å². The highest BCUT2D eigenvalue weighted by molar-refractivity contribution is 5.65. The third-order valence-corrected chi connectivity index (χ3v) is 3.04. The van der Waals surface area contributed by atoms with Gasteiger partial charge in [0.25, 0.3) is 5.69 Å².